The van der Waals surface area contributed by atoms with E-state index in [0.29, 0.717) is 5.92 Å². The van der Waals surface area contributed by atoms with E-state index in [-0.39, 0.29) is 0 Å². The molecule has 1 atom stereocenters. The molecular formula is C17H27N3. The van der Waals surface area contributed by atoms with Crippen molar-refractivity contribution in [2.75, 3.05) is 20.6 Å². The van der Waals surface area contributed by atoms with Crippen LogP contribution in [0.1, 0.15) is 33.1 Å². The van der Waals surface area contributed by atoms with E-state index in [9.17, 15) is 0 Å². The summed E-state index contributed by atoms with van der Waals surface area (Å²) in [5, 5.41) is 2.06. The van der Waals surface area contributed by atoms with Crippen molar-refractivity contribution in [3.8, 4) is 0 Å². The maximum Gasteiger partial charge on any atom is 0.0596 e. The van der Waals surface area contributed by atoms with Gasteiger partial charge in [0.2, 0.25) is 0 Å². The standard InChI is InChI=1S/C17H27N3/c1-13(2)11-14-5-7-15(8-6-14)16-9-10-19-17(16)12-20(4)18-3/h5,7-8,10,13-14,18H,6,9,11-12H2,1-4H3. The lowest BCUT2D eigenvalue weighted by atomic mass is 9.87. The first-order valence-electron chi connectivity index (χ1n) is 7.62. The van der Waals surface area contributed by atoms with E-state index < -0.39 is 0 Å². The van der Waals surface area contributed by atoms with Crippen LogP contribution in [0, 0.1) is 11.8 Å². The van der Waals surface area contributed by atoms with E-state index in [1.807, 2.05) is 20.3 Å². The quantitative estimate of drug-likeness (QED) is 0.752. The molecular weight excluding hydrogens is 246 g/mol. The minimum absolute atomic E-state index is 0.713. The average molecular weight is 273 g/mol. The predicted octanol–water partition coefficient (Wildman–Crippen LogP) is 3.33. The largest absolute Gasteiger partial charge is 0.264 e. The van der Waals surface area contributed by atoms with Gasteiger partial charge in [-0.15, -0.1) is 0 Å². The van der Waals surface area contributed by atoms with E-state index in [2.05, 4.69) is 47.5 Å². The molecule has 0 spiro atoms. The lowest BCUT2D eigenvalue weighted by Gasteiger charge is -2.20. The Morgan fingerprint density at radius 2 is 2.25 bits per heavy atom. The maximum absolute atomic E-state index is 4.55. The molecule has 20 heavy (non-hydrogen) atoms. The Hall–Kier alpha value is -1.19. The molecule has 0 radical (unpaired) electrons. The molecule has 2 rings (SSSR count). The van der Waals surface area contributed by atoms with E-state index in [1.165, 1.54) is 29.7 Å². The van der Waals surface area contributed by atoms with Crippen molar-refractivity contribution in [1.29, 1.82) is 0 Å². The third kappa shape index (κ3) is 3.90. The topological polar surface area (TPSA) is 27.6 Å². The summed E-state index contributed by atoms with van der Waals surface area (Å²) in [5.41, 5.74) is 7.10. The van der Waals surface area contributed by atoms with Gasteiger partial charge in [-0.2, -0.15) is 0 Å². The van der Waals surface area contributed by atoms with Crippen LogP contribution in [0.15, 0.2) is 40.1 Å². The van der Waals surface area contributed by atoms with Gasteiger partial charge in [0.1, 0.15) is 0 Å². The van der Waals surface area contributed by atoms with Gasteiger partial charge in [-0.25, -0.2) is 5.01 Å². The third-order valence-corrected chi connectivity index (χ3v) is 3.97. The number of nitrogens with one attached hydrogen (secondary N) is 1. The summed E-state index contributed by atoms with van der Waals surface area (Å²) in [6.45, 7) is 5.45. The van der Waals surface area contributed by atoms with E-state index in [4.69, 9.17) is 0 Å². The zero-order chi connectivity index (χ0) is 14.5. The number of allylic oxidation sites excluding steroid dienone is 5. The SMILES string of the molecule is CNN(C)CC1=C(C2=CCC(CC(C)C)C=C2)CC=N1. The first kappa shape index (κ1) is 15.2. The highest BCUT2D eigenvalue weighted by Gasteiger charge is 2.18. The van der Waals surface area contributed by atoms with Crippen LogP contribution >= 0.6 is 0 Å². The molecule has 3 heteroatoms. The molecule has 3 nitrogen and oxygen atoms in total. The zero-order valence-electron chi connectivity index (χ0n) is 13.2. The highest BCUT2D eigenvalue weighted by molar-refractivity contribution is 5.71. The van der Waals surface area contributed by atoms with Gasteiger partial charge in [-0.3, -0.25) is 10.4 Å². The highest BCUT2D eigenvalue weighted by atomic mass is 15.5. The molecule has 0 fully saturated rings. The number of nitrogens with zero attached hydrogens (tertiary/aromatic N) is 2. The van der Waals surface area contributed by atoms with Crippen LogP contribution in [-0.4, -0.2) is 31.9 Å². The van der Waals surface area contributed by atoms with Gasteiger partial charge >= 0.3 is 0 Å². The lowest BCUT2D eigenvalue weighted by molar-refractivity contribution is 0.282. The molecule has 1 aliphatic heterocycles. The molecule has 0 amide bonds. The molecule has 110 valence electrons. The first-order chi connectivity index (χ1) is 9.60. The molecule has 2 aliphatic rings. The first-order valence-corrected chi connectivity index (χ1v) is 7.62. The van der Waals surface area contributed by atoms with Crippen molar-refractivity contribution >= 4 is 6.21 Å². The highest BCUT2D eigenvalue weighted by Crippen LogP contribution is 2.30. The van der Waals surface area contributed by atoms with Crippen molar-refractivity contribution < 1.29 is 0 Å². The lowest BCUT2D eigenvalue weighted by Crippen LogP contribution is -2.32. The Kier molecular flexibility index (Phi) is 5.32. The molecule has 1 heterocycles. The van der Waals surface area contributed by atoms with Crippen LogP contribution in [0.5, 0.6) is 0 Å². The van der Waals surface area contributed by atoms with Crippen LogP contribution in [0.25, 0.3) is 0 Å². The average Bonchev–Trinajstić information content (AvgIpc) is 2.87. The normalized spacial score (nSPS) is 22.3. The van der Waals surface area contributed by atoms with Gasteiger partial charge < -0.3 is 0 Å². The summed E-state index contributed by atoms with van der Waals surface area (Å²) < 4.78 is 0. The maximum atomic E-state index is 4.55. The molecule has 1 aliphatic carbocycles. The Morgan fingerprint density at radius 1 is 1.45 bits per heavy atom. The summed E-state index contributed by atoms with van der Waals surface area (Å²) in [6.07, 6.45) is 12.5. The minimum atomic E-state index is 0.713. The van der Waals surface area contributed by atoms with E-state index in [1.54, 1.807) is 0 Å². The molecule has 0 aromatic heterocycles. The van der Waals surface area contributed by atoms with E-state index >= 15 is 0 Å². The monoisotopic (exact) mass is 273 g/mol. The fourth-order valence-electron chi connectivity index (χ4n) is 2.84. The van der Waals surface area contributed by atoms with Gasteiger partial charge in [0, 0.05) is 19.7 Å². The number of likely N-dealkylation sites (N-methyl/N-ethyl adjacent to an activating group) is 1. The summed E-state index contributed by atoms with van der Waals surface area (Å²) in [4.78, 5) is 4.55. The van der Waals surface area contributed by atoms with E-state index in [0.717, 1.165) is 18.9 Å². The molecule has 1 unspecified atom stereocenters. The molecule has 0 saturated carbocycles. The molecule has 0 bridgehead atoms. The van der Waals surface area contributed by atoms with Crippen LogP contribution in [0.2, 0.25) is 0 Å². The van der Waals surface area contributed by atoms with Crippen molar-refractivity contribution in [2.45, 2.75) is 33.1 Å². The summed E-state index contributed by atoms with van der Waals surface area (Å²) in [7, 11) is 3.98. The van der Waals surface area contributed by atoms with Gasteiger partial charge in [0.05, 0.1) is 12.2 Å². The number of rotatable bonds is 6. The number of hydrazine groups is 1. The smallest absolute Gasteiger partial charge is 0.0596 e. The van der Waals surface area contributed by atoms with Crippen molar-refractivity contribution in [2.24, 2.45) is 16.8 Å². The molecule has 0 aromatic carbocycles. The van der Waals surface area contributed by atoms with Crippen molar-refractivity contribution in [3.63, 3.8) is 0 Å². The van der Waals surface area contributed by atoms with Crippen LogP contribution < -0.4 is 5.43 Å². The van der Waals surface area contributed by atoms with Crippen LogP contribution in [-0.2, 0) is 0 Å². The molecule has 1 N–H and O–H groups in total. The van der Waals surface area contributed by atoms with Gasteiger partial charge in [0.25, 0.3) is 0 Å². The van der Waals surface area contributed by atoms with Gasteiger partial charge in [0.15, 0.2) is 0 Å². The van der Waals surface area contributed by atoms with Gasteiger partial charge in [-0.1, -0.05) is 32.1 Å². The summed E-state index contributed by atoms with van der Waals surface area (Å²) >= 11 is 0. The Balaban J connectivity index is 2.03. The molecule has 0 saturated heterocycles. The summed E-state index contributed by atoms with van der Waals surface area (Å²) in [6, 6.07) is 0. The van der Waals surface area contributed by atoms with Gasteiger partial charge in [-0.05, 0) is 42.9 Å². The predicted molar refractivity (Wildman–Crippen MR) is 86.6 cm³/mol. The second kappa shape index (κ2) is 7.00. The second-order valence-corrected chi connectivity index (χ2v) is 6.16. The number of aliphatic imine (C=N–C) groups is 1. The Morgan fingerprint density at radius 3 is 2.85 bits per heavy atom. The van der Waals surface area contributed by atoms with Crippen LogP contribution in [0.3, 0.4) is 0 Å². The fraction of sp³-hybridized carbons (Fsp3) is 0.588. The third-order valence-electron chi connectivity index (χ3n) is 3.97. The fourth-order valence-corrected chi connectivity index (χ4v) is 2.84. The van der Waals surface area contributed by atoms with Crippen LogP contribution in [0.4, 0.5) is 0 Å². The second-order valence-electron chi connectivity index (χ2n) is 6.16. The number of hydrogen-bond donors (Lipinski definition) is 1. The number of hydrogen-bond acceptors (Lipinski definition) is 3. The zero-order valence-corrected chi connectivity index (χ0v) is 13.2. The Bertz CT molecular complexity index is 455. The molecule has 0 aromatic rings. The minimum Gasteiger partial charge on any atom is -0.264 e. The summed E-state index contributed by atoms with van der Waals surface area (Å²) in [5.74, 6) is 1.48. The Labute approximate surface area is 123 Å². The van der Waals surface area contributed by atoms with Crippen molar-refractivity contribution in [3.05, 3.63) is 35.1 Å². The van der Waals surface area contributed by atoms with Crippen molar-refractivity contribution in [1.82, 2.24) is 10.4 Å².